The number of benzene rings is 1. The maximum Gasteiger partial charge on any atom is 0.339 e. The van der Waals surface area contributed by atoms with Crippen molar-refractivity contribution in [3.63, 3.8) is 0 Å². The zero-order valence-corrected chi connectivity index (χ0v) is 12.6. The zero-order valence-electron chi connectivity index (χ0n) is 10.2. The monoisotopic (exact) mass is 332 g/mol. The van der Waals surface area contributed by atoms with Crippen LogP contribution in [0.5, 0.6) is 0 Å². The third kappa shape index (κ3) is 3.09. The second kappa shape index (κ2) is 5.78. The van der Waals surface area contributed by atoms with Crippen LogP contribution in [0.4, 0.5) is 5.69 Å². The van der Waals surface area contributed by atoms with Gasteiger partial charge in [0.05, 0.1) is 24.6 Å². The molecular weight excluding hydrogens is 324 g/mol. The van der Waals surface area contributed by atoms with Gasteiger partial charge < -0.3 is 4.74 Å². The van der Waals surface area contributed by atoms with E-state index in [4.69, 9.17) is 11.6 Å². The van der Waals surface area contributed by atoms with Gasteiger partial charge in [0.15, 0.2) is 8.68 Å². The van der Waals surface area contributed by atoms with Gasteiger partial charge >= 0.3 is 5.97 Å². The number of anilines is 1. The minimum Gasteiger partial charge on any atom is -0.465 e. The molecule has 0 spiro atoms. The number of thiazole rings is 1. The molecule has 0 radical (unpaired) electrons. The fourth-order valence-electron chi connectivity index (χ4n) is 1.42. The Balaban J connectivity index is 2.37. The summed E-state index contributed by atoms with van der Waals surface area (Å²) < 4.78 is 31.2. The number of sulfonamides is 1. The summed E-state index contributed by atoms with van der Waals surface area (Å²) in [5.74, 6) is -0.634. The number of ether oxygens (including phenoxy) is 1. The van der Waals surface area contributed by atoms with E-state index in [9.17, 15) is 13.2 Å². The van der Waals surface area contributed by atoms with Gasteiger partial charge in [0, 0.05) is 0 Å². The average molecular weight is 333 g/mol. The minimum absolute atomic E-state index is 0.0397. The Bertz CT molecular complexity index is 742. The van der Waals surface area contributed by atoms with Crippen molar-refractivity contribution in [3.8, 4) is 0 Å². The molecule has 20 heavy (non-hydrogen) atoms. The molecule has 1 aromatic heterocycles. The molecule has 0 fully saturated rings. The van der Waals surface area contributed by atoms with E-state index in [0.717, 1.165) is 17.5 Å². The van der Waals surface area contributed by atoms with Crippen molar-refractivity contribution in [1.29, 1.82) is 0 Å². The molecule has 0 aliphatic heterocycles. The molecule has 0 aliphatic rings. The van der Waals surface area contributed by atoms with Gasteiger partial charge in [-0.15, -0.1) is 0 Å². The van der Waals surface area contributed by atoms with Crippen molar-refractivity contribution in [2.24, 2.45) is 0 Å². The molecule has 0 atom stereocenters. The molecule has 106 valence electrons. The standard InChI is InChI=1S/C11H9ClN2O4S2/c1-18-10(15)7-4-2-3-5-8(7)14-20(16,17)9-6-13-11(12)19-9/h2-6,14H,1H3. The number of halogens is 1. The van der Waals surface area contributed by atoms with Crippen molar-refractivity contribution in [1.82, 2.24) is 4.98 Å². The van der Waals surface area contributed by atoms with Crippen LogP contribution < -0.4 is 4.72 Å². The second-order valence-electron chi connectivity index (χ2n) is 3.57. The Morgan fingerprint density at radius 2 is 2.10 bits per heavy atom. The first-order chi connectivity index (χ1) is 9.44. The van der Waals surface area contributed by atoms with E-state index >= 15 is 0 Å². The highest BCUT2D eigenvalue weighted by molar-refractivity contribution is 7.94. The average Bonchev–Trinajstić information content (AvgIpc) is 2.86. The predicted molar refractivity (Wildman–Crippen MR) is 75.7 cm³/mol. The van der Waals surface area contributed by atoms with Crippen molar-refractivity contribution >= 4 is 44.6 Å². The summed E-state index contributed by atoms with van der Waals surface area (Å²) in [6.07, 6.45) is 1.15. The normalized spacial score (nSPS) is 11.1. The first-order valence-corrected chi connectivity index (χ1v) is 7.93. The largest absolute Gasteiger partial charge is 0.465 e. The first-order valence-electron chi connectivity index (χ1n) is 5.25. The van der Waals surface area contributed by atoms with E-state index in [1.807, 2.05) is 0 Å². The van der Waals surface area contributed by atoms with Gasteiger partial charge in [0.2, 0.25) is 0 Å². The number of methoxy groups -OCH3 is 1. The minimum atomic E-state index is -3.84. The lowest BCUT2D eigenvalue weighted by atomic mass is 10.2. The lowest BCUT2D eigenvalue weighted by Crippen LogP contribution is -2.15. The van der Waals surface area contributed by atoms with Crippen LogP contribution >= 0.6 is 22.9 Å². The highest BCUT2D eigenvalue weighted by atomic mass is 35.5. The van der Waals surface area contributed by atoms with Crippen molar-refractivity contribution in [2.75, 3.05) is 11.8 Å². The van der Waals surface area contributed by atoms with E-state index in [2.05, 4.69) is 14.4 Å². The molecule has 9 heteroatoms. The summed E-state index contributed by atoms with van der Waals surface area (Å²) in [6.45, 7) is 0. The number of carbonyl (C=O) groups is 1. The summed E-state index contributed by atoms with van der Waals surface area (Å²) in [5, 5.41) is 0. The van der Waals surface area contributed by atoms with Gasteiger partial charge in [0.1, 0.15) is 0 Å². The van der Waals surface area contributed by atoms with Crippen LogP contribution in [-0.2, 0) is 14.8 Å². The van der Waals surface area contributed by atoms with Gasteiger partial charge in [-0.2, -0.15) is 0 Å². The Morgan fingerprint density at radius 1 is 1.40 bits per heavy atom. The number of para-hydroxylation sites is 1. The number of esters is 1. The molecule has 1 N–H and O–H groups in total. The Morgan fingerprint density at radius 3 is 2.70 bits per heavy atom. The summed E-state index contributed by atoms with van der Waals surface area (Å²) in [5.41, 5.74) is 0.248. The Kier molecular flexibility index (Phi) is 4.26. The van der Waals surface area contributed by atoms with E-state index in [0.29, 0.717) is 0 Å². The number of hydrogen-bond acceptors (Lipinski definition) is 6. The van der Waals surface area contributed by atoms with Crippen LogP contribution in [0.25, 0.3) is 0 Å². The van der Waals surface area contributed by atoms with Gasteiger partial charge in [-0.05, 0) is 12.1 Å². The molecule has 2 rings (SSSR count). The topological polar surface area (TPSA) is 85.4 Å². The molecule has 0 saturated heterocycles. The summed E-state index contributed by atoms with van der Waals surface area (Å²) in [4.78, 5) is 15.2. The van der Waals surface area contributed by atoms with Crippen LogP contribution in [0, 0.1) is 0 Å². The van der Waals surface area contributed by atoms with Crippen molar-refractivity contribution < 1.29 is 17.9 Å². The van der Waals surface area contributed by atoms with Crippen molar-refractivity contribution in [2.45, 2.75) is 4.21 Å². The second-order valence-corrected chi connectivity index (χ2v) is 7.10. The summed E-state index contributed by atoms with van der Waals surface area (Å²) in [6, 6.07) is 6.13. The molecule has 6 nitrogen and oxygen atoms in total. The quantitative estimate of drug-likeness (QED) is 0.869. The zero-order chi connectivity index (χ0) is 14.8. The molecule has 1 aromatic carbocycles. The number of carbonyl (C=O) groups excluding carboxylic acids is 1. The maximum absolute atomic E-state index is 12.1. The Labute approximate surface area is 124 Å². The van der Waals surface area contributed by atoms with Crippen LogP contribution in [0.2, 0.25) is 4.47 Å². The number of nitrogens with one attached hydrogen (secondary N) is 1. The van der Waals surface area contributed by atoms with Gasteiger partial charge in [-0.3, -0.25) is 4.72 Å². The summed E-state index contributed by atoms with van der Waals surface area (Å²) in [7, 11) is -2.62. The van der Waals surface area contributed by atoms with Crippen LogP contribution in [0.1, 0.15) is 10.4 Å². The molecular formula is C11H9ClN2O4S2. The van der Waals surface area contributed by atoms with Crippen LogP contribution in [0.3, 0.4) is 0 Å². The van der Waals surface area contributed by atoms with Crippen molar-refractivity contribution in [3.05, 3.63) is 40.5 Å². The molecule has 0 unspecified atom stereocenters. The van der Waals surface area contributed by atoms with E-state index in [-0.39, 0.29) is 19.9 Å². The molecule has 0 bridgehead atoms. The van der Waals surface area contributed by atoms with Crippen LogP contribution in [0.15, 0.2) is 34.7 Å². The lowest BCUT2D eigenvalue weighted by molar-refractivity contribution is 0.0602. The predicted octanol–water partition coefficient (Wildman–Crippen LogP) is 2.38. The lowest BCUT2D eigenvalue weighted by Gasteiger charge is -2.09. The smallest absolute Gasteiger partial charge is 0.339 e. The number of rotatable bonds is 4. The van der Waals surface area contributed by atoms with Gasteiger partial charge in [-0.25, -0.2) is 18.2 Å². The third-order valence-electron chi connectivity index (χ3n) is 2.30. The fraction of sp³-hybridized carbons (Fsp3) is 0.0909. The van der Waals surface area contributed by atoms with Crippen LogP contribution in [-0.4, -0.2) is 26.5 Å². The number of nitrogens with zero attached hydrogens (tertiary/aromatic N) is 1. The third-order valence-corrected chi connectivity index (χ3v) is 5.24. The van der Waals surface area contributed by atoms with E-state index in [1.165, 1.54) is 19.2 Å². The summed E-state index contributed by atoms with van der Waals surface area (Å²) >= 11 is 6.44. The van der Waals surface area contributed by atoms with E-state index < -0.39 is 16.0 Å². The molecule has 1 heterocycles. The number of hydrogen-bond donors (Lipinski definition) is 1. The first kappa shape index (κ1) is 14.8. The Hall–Kier alpha value is -1.64. The highest BCUT2D eigenvalue weighted by Gasteiger charge is 2.21. The van der Waals surface area contributed by atoms with Gasteiger partial charge in [0.25, 0.3) is 10.0 Å². The fourth-order valence-corrected chi connectivity index (χ4v) is 3.79. The maximum atomic E-state index is 12.1. The highest BCUT2D eigenvalue weighted by Crippen LogP contribution is 2.26. The SMILES string of the molecule is COC(=O)c1ccccc1NS(=O)(=O)c1cnc(Cl)s1. The van der Waals surface area contributed by atoms with Gasteiger partial charge in [-0.1, -0.05) is 35.1 Å². The van der Waals surface area contributed by atoms with E-state index in [1.54, 1.807) is 12.1 Å². The molecule has 2 aromatic rings. The number of aromatic nitrogens is 1. The molecule has 0 saturated carbocycles. The molecule has 0 amide bonds. The molecule has 0 aliphatic carbocycles.